The quantitative estimate of drug-likeness (QED) is 0.892. The summed E-state index contributed by atoms with van der Waals surface area (Å²) in [5, 5.41) is 2.67. The van der Waals surface area contributed by atoms with Crippen molar-refractivity contribution in [1.29, 1.82) is 0 Å². The Balaban J connectivity index is 1.94. The molecule has 2 amide bonds. The zero-order chi connectivity index (χ0) is 14.2. The molecule has 20 heavy (non-hydrogen) atoms. The van der Waals surface area contributed by atoms with E-state index in [1.54, 1.807) is 23.1 Å². The van der Waals surface area contributed by atoms with E-state index in [0.717, 1.165) is 12.8 Å². The van der Waals surface area contributed by atoms with Crippen LogP contribution in [0.4, 0.5) is 4.39 Å². The molecule has 0 aromatic heterocycles. The fraction of sp³-hybridized carbons (Fsp3) is 0.467. The Morgan fingerprint density at radius 3 is 2.60 bits per heavy atom. The van der Waals surface area contributed by atoms with Crippen molar-refractivity contribution in [2.75, 3.05) is 6.54 Å². The summed E-state index contributed by atoms with van der Waals surface area (Å²) in [6.45, 7) is 0.175. The first-order valence-electron chi connectivity index (χ1n) is 6.96. The van der Waals surface area contributed by atoms with Gasteiger partial charge in [-0.3, -0.25) is 9.59 Å². The molecular formula is C15H17FN2O2. The average molecular weight is 276 g/mol. The molecule has 1 aliphatic carbocycles. The summed E-state index contributed by atoms with van der Waals surface area (Å²) in [5.74, 6) is -0.555. The van der Waals surface area contributed by atoms with E-state index in [1.807, 2.05) is 0 Å². The summed E-state index contributed by atoms with van der Waals surface area (Å²) in [7, 11) is 0. The lowest BCUT2D eigenvalue weighted by Gasteiger charge is -2.43. The van der Waals surface area contributed by atoms with Crippen molar-refractivity contribution >= 4 is 11.8 Å². The van der Waals surface area contributed by atoms with Crippen molar-refractivity contribution in [2.45, 2.75) is 37.8 Å². The van der Waals surface area contributed by atoms with Gasteiger partial charge in [0.15, 0.2) is 0 Å². The molecule has 0 unspecified atom stereocenters. The van der Waals surface area contributed by atoms with Crippen molar-refractivity contribution in [3.8, 4) is 0 Å². The lowest BCUT2D eigenvalue weighted by molar-refractivity contribution is -0.154. The molecule has 106 valence electrons. The molecule has 0 atom stereocenters. The summed E-state index contributed by atoms with van der Waals surface area (Å²) >= 11 is 0. The molecule has 1 aromatic carbocycles. The molecule has 2 fully saturated rings. The number of nitrogens with one attached hydrogen (secondary N) is 1. The van der Waals surface area contributed by atoms with Crippen LogP contribution in [-0.4, -0.2) is 28.8 Å². The lowest BCUT2D eigenvalue weighted by Crippen LogP contribution is -2.65. The second kappa shape index (κ2) is 4.89. The number of nitrogens with zero attached hydrogens (tertiary/aromatic N) is 1. The fourth-order valence-electron chi connectivity index (χ4n) is 3.27. The number of hydrogen-bond acceptors (Lipinski definition) is 2. The molecule has 1 aromatic rings. The number of amides is 2. The second-order valence-corrected chi connectivity index (χ2v) is 5.49. The normalized spacial score (nSPS) is 21.4. The van der Waals surface area contributed by atoms with E-state index in [4.69, 9.17) is 0 Å². The molecule has 1 spiro atoms. The van der Waals surface area contributed by atoms with E-state index < -0.39 is 5.54 Å². The molecular weight excluding hydrogens is 259 g/mol. The number of benzene rings is 1. The molecule has 1 aliphatic heterocycles. The van der Waals surface area contributed by atoms with Crippen LogP contribution in [0.15, 0.2) is 24.3 Å². The monoisotopic (exact) mass is 276 g/mol. The van der Waals surface area contributed by atoms with Gasteiger partial charge in [-0.2, -0.15) is 0 Å². The molecule has 5 heteroatoms. The minimum absolute atomic E-state index is 0.00896. The highest BCUT2D eigenvalue weighted by Crippen LogP contribution is 2.38. The molecule has 4 nitrogen and oxygen atoms in total. The van der Waals surface area contributed by atoms with Crippen LogP contribution in [0.1, 0.15) is 31.2 Å². The first kappa shape index (κ1) is 13.1. The van der Waals surface area contributed by atoms with E-state index in [0.29, 0.717) is 18.4 Å². The van der Waals surface area contributed by atoms with Gasteiger partial charge in [0.2, 0.25) is 11.8 Å². The predicted octanol–water partition coefficient (Wildman–Crippen LogP) is 1.60. The molecule has 1 saturated carbocycles. The Morgan fingerprint density at radius 2 is 1.90 bits per heavy atom. The summed E-state index contributed by atoms with van der Waals surface area (Å²) in [4.78, 5) is 26.0. The highest BCUT2D eigenvalue weighted by molar-refractivity contribution is 5.98. The minimum Gasteiger partial charge on any atom is -0.345 e. The maximum atomic E-state index is 13.8. The zero-order valence-corrected chi connectivity index (χ0v) is 11.2. The Kier molecular flexibility index (Phi) is 3.20. The third kappa shape index (κ3) is 1.97. The van der Waals surface area contributed by atoms with Gasteiger partial charge in [0, 0.05) is 12.1 Å². The SMILES string of the molecule is O=C1CNC(=O)C2(CCCC2)N1Cc1ccccc1F. The molecule has 3 rings (SSSR count). The molecule has 1 saturated heterocycles. The predicted molar refractivity (Wildman–Crippen MR) is 71.2 cm³/mol. The van der Waals surface area contributed by atoms with Gasteiger partial charge in [0.1, 0.15) is 11.4 Å². The van der Waals surface area contributed by atoms with Gasteiger partial charge in [-0.05, 0) is 18.9 Å². The van der Waals surface area contributed by atoms with Crippen molar-refractivity contribution in [1.82, 2.24) is 10.2 Å². The molecule has 1 heterocycles. The number of piperazine rings is 1. The average Bonchev–Trinajstić information content (AvgIpc) is 2.92. The maximum absolute atomic E-state index is 13.8. The van der Waals surface area contributed by atoms with Crippen molar-refractivity contribution < 1.29 is 14.0 Å². The largest absolute Gasteiger partial charge is 0.345 e. The van der Waals surface area contributed by atoms with E-state index in [-0.39, 0.29) is 30.7 Å². The summed E-state index contributed by atoms with van der Waals surface area (Å²) in [6, 6.07) is 6.41. The van der Waals surface area contributed by atoms with Gasteiger partial charge in [0.05, 0.1) is 6.54 Å². The van der Waals surface area contributed by atoms with Crippen molar-refractivity contribution in [3.05, 3.63) is 35.6 Å². The van der Waals surface area contributed by atoms with Crippen LogP contribution in [0, 0.1) is 5.82 Å². The van der Waals surface area contributed by atoms with E-state index >= 15 is 0 Å². The molecule has 1 N–H and O–H groups in total. The second-order valence-electron chi connectivity index (χ2n) is 5.49. The van der Waals surface area contributed by atoms with Crippen LogP contribution in [0.5, 0.6) is 0 Å². The van der Waals surface area contributed by atoms with Crippen LogP contribution in [0.3, 0.4) is 0 Å². The number of carbonyl (C=O) groups excluding carboxylic acids is 2. The summed E-state index contributed by atoms with van der Waals surface area (Å²) in [5.41, 5.74) is -0.306. The Morgan fingerprint density at radius 1 is 1.20 bits per heavy atom. The van der Waals surface area contributed by atoms with Gasteiger partial charge >= 0.3 is 0 Å². The zero-order valence-electron chi connectivity index (χ0n) is 11.2. The Bertz CT molecular complexity index is 553. The van der Waals surface area contributed by atoms with Crippen LogP contribution in [-0.2, 0) is 16.1 Å². The first-order valence-corrected chi connectivity index (χ1v) is 6.96. The lowest BCUT2D eigenvalue weighted by atomic mass is 9.90. The third-order valence-corrected chi connectivity index (χ3v) is 4.36. The van der Waals surface area contributed by atoms with E-state index in [9.17, 15) is 14.0 Å². The smallest absolute Gasteiger partial charge is 0.246 e. The van der Waals surface area contributed by atoms with Gasteiger partial charge in [-0.1, -0.05) is 31.0 Å². The van der Waals surface area contributed by atoms with Crippen LogP contribution >= 0.6 is 0 Å². The standard InChI is InChI=1S/C15H17FN2O2/c16-12-6-2-1-5-11(12)10-18-13(19)9-17-14(20)15(18)7-3-4-8-15/h1-2,5-6H,3-4,7-10H2,(H,17,20). The summed E-state index contributed by atoms with van der Waals surface area (Å²) in [6.07, 6.45) is 3.18. The van der Waals surface area contributed by atoms with E-state index in [2.05, 4.69) is 5.32 Å². The number of carbonyl (C=O) groups is 2. The first-order chi connectivity index (χ1) is 9.63. The van der Waals surface area contributed by atoms with E-state index in [1.165, 1.54) is 6.07 Å². The van der Waals surface area contributed by atoms with Crippen LogP contribution in [0.25, 0.3) is 0 Å². The number of rotatable bonds is 2. The number of halogens is 1. The number of hydrogen-bond donors (Lipinski definition) is 1. The Labute approximate surface area is 117 Å². The van der Waals surface area contributed by atoms with Gasteiger partial charge in [-0.15, -0.1) is 0 Å². The van der Waals surface area contributed by atoms with Gasteiger partial charge in [-0.25, -0.2) is 4.39 Å². The third-order valence-electron chi connectivity index (χ3n) is 4.36. The highest BCUT2D eigenvalue weighted by Gasteiger charge is 2.50. The Hall–Kier alpha value is -1.91. The summed E-state index contributed by atoms with van der Waals surface area (Å²) < 4.78 is 13.8. The van der Waals surface area contributed by atoms with Crippen LogP contribution < -0.4 is 5.32 Å². The fourth-order valence-corrected chi connectivity index (χ4v) is 3.27. The van der Waals surface area contributed by atoms with Gasteiger partial charge in [0.25, 0.3) is 0 Å². The van der Waals surface area contributed by atoms with Crippen LogP contribution in [0.2, 0.25) is 0 Å². The van der Waals surface area contributed by atoms with Crippen molar-refractivity contribution in [2.24, 2.45) is 0 Å². The maximum Gasteiger partial charge on any atom is 0.246 e. The minimum atomic E-state index is -0.766. The topological polar surface area (TPSA) is 49.4 Å². The van der Waals surface area contributed by atoms with Gasteiger partial charge < -0.3 is 10.2 Å². The molecule has 2 aliphatic rings. The highest BCUT2D eigenvalue weighted by atomic mass is 19.1. The van der Waals surface area contributed by atoms with Crippen molar-refractivity contribution in [3.63, 3.8) is 0 Å². The molecule has 0 radical (unpaired) electrons. The molecule has 0 bridgehead atoms.